The molecule has 0 spiro atoms. The summed E-state index contributed by atoms with van der Waals surface area (Å²) in [6.45, 7) is 4.35. The summed E-state index contributed by atoms with van der Waals surface area (Å²) in [6.07, 6.45) is 5.12. The number of benzene rings is 1. The summed E-state index contributed by atoms with van der Waals surface area (Å²) in [5.74, 6) is 0. The highest BCUT2D eigenvalue weighted by Crippen LogP contribution is 2.23. The standard InChI is InChI=1S/C14H21N3/c1-3-7-12(15)13(4-2)17-14-9-6-5-8-11(14)10-16-17/h5-6,8-10,12-13H,3-4,7,15H2,1-2H3. The molecule has 0 bridgehead atoms. The minimum absolute atomic E-state index is 0.188. The van der Waals surface area contributed by atoms with Crippen molar-refractivity contribution in [3.8, 4) is 0 Å². The van der Waals surface area contributed by atoms with Gasteiger partial charge in [-0.25, -0.2) is 0 Å². The summed E-state index contributed by atoms with van der Waals surface area (Å²) in [5, 5.41) is 5.70. The van der Waals surface area contributed by atoms with Gasteiger partial charge in [0.15, 0.2) is 0 Å². The summed E-state index contributed by atoms with van der Waals surface area (Å²) in [6, 6.07) is 8.79. The van der Waals surface area contributed by atoms with Crippen molar-refractivity contribution in [1.29, 1.82) is 0 Å². The van der Waals surface area contributed by atoms with Gasteiger partial charge in [-0.2, -0.15) is 5.10 Å². The van der Waals surface area contributed by atoms with Crippen molar-refractivity contribution in [3.05, 3.63) is 30.5 Å². The van der Waals surface area contributed by atoms with Crippen LogP contribution >= 0.6 is 0 Å². The van der Waals surface area contributed by atoms with E-state index >= 15 is 0 Å². The second-order valence-corrected chi connectivity index (χ2v) is 4.58. The number of nitrogens with two attached hydrogens (primary N) is 1. The van der Waals surface area contributed by atoms with E-state index in [1.807, 2.05) is 12.3 Å². The Morgan fingerprint density at radius 2 is 2.06 bits per heavy atom. The van der Waals surface area contributed by atoms with E-state index in [9.17, 15) is 0 Å². The molecular weight excluding hydrogens is 210 g/mol. The lowest BCUT2D eigenvalue weighted by atomic mass is 10.0. The van der Waals surface area contributed by atoms with Gasteiger partial charge >= 0.3 is 0 Å². The van der Waals surface area contributed by atoms with Gasteiger partial charge in [0, 0.05) is 11.4 Å². The minimum atomic E-state index is 0.188. The lowest BCUT2D eigenvalue weighted by Crippen LogP contribution is -2.32. The Labute approximate surface area is 103 Å². The maximum Gasteiger partial charge on any atom is 0.0686 e. The molecule has 0 saturated heterocycles. The van der Waals surface area contributed by atoms with Crippen molar-refractivity contribution in [1.82, 2.24) is 9.78 Å². The number of fused-ring (bicyclic) bond motifs is 1. The first kappa shape index (κ1) is 12.1. The third-order valence-corrected chi connectivity index (χ3v) is 3.35. The van der Waals surface area contributed by atoms with E-state index in [4.69, 9.17) is 5.73 Å². The van der Waals surface area contributed by atoms with Crippen LogP contribution in [0.25, 0.3) is 10.9 Å². The molecule has 1 aromatic carbocycles. The number of para-hydroxylation sites is 1. The van der Waals surface area contributed by atoms with Gasteiger partial charge in [0.1, 0.15) is 0 Å². The summed E-state index contributed by atoms with van der Waals surface area (Å²) in [7, 11) is 0. The maximum absolute atomic E-state index is 6.26. The molecule has 2 N–H and O–H groups in total. The van der Waals surface area contributed by atoms with Gasteiger partial charge in [-0.05, 0) is 18.9 Å². The molecule has 0 radical (unpaired) electrons. The van der Waals surface area contributed by atoms with E-state index in [2.05, 4.69) is 41.8 Å². The van der Waals surface area contributed by atoms with Crippen LogP contribution in [0.3, 0.4) is 0 Å². The van der Waals surface area contributed by atoms with Crippen LogP contribution < -0.4 is 5.73 Å². The Hall–Kier alpha value is -1.35. The van der Waals surface area contributed by atoms with Crippen LogP contribution in [0, 0.1) is 0 Å². The molecule has 0 aliphatic rings. The first-order valence-electron chi connectivity index (χ1n) is 6.45. The molecule has 2 aromatic rings. The van der Waals surface area contributed by atoms with Crippen LogP contribution in [0.1, 0.15) is 39.2 Å². The first-order chi connectivity index (χ1) is 8.27. The molecule has 0 aliphatic heterocycles. The highest BCUT2D eigenvalue weighted by Gasteiger charge is 2.19. The van der Waals surface area contributed by atoms with Crippen molar-refractivity contribution in [2.24, 2.45) is 5.73 Å². The fourth-order valence-electron chi connectivity index (χ4n) is 2.44. The van der Waals surface area contributed by atoms with Gasteiger partial charge in [-0.15, -0.1) is 0 Å². The van der Waals surface area contributed by atoms with Crippen molar-refractivity contribution in [2.75, 3.05) is 0 Å². The van der Waals surface area contributed by atoms with Gasteiger partial charge in [0.05, 0.1) is 17.8 Å². The Balaban J connectivity index is 2.36. The van der Waals surface area contributed by atoms with Crippen LogP contribution in [0.15, 0.2) is 30.5 Å². The molecule has 3 nitrogen and oxygen atoms in total. The molecule has 0 saturated carbocycles. The van der Waals surface area contributed by atoms with Crippen LogP contribution in [0.4, 0.5) is 0 Å². The zero-order valence-corrected chi connectivity index (χ0v) is 10.6. The topological polar surface area (TPSA) is 43.8 Å². The predicted molar refractivity (Wildman–Crippen MR) is 71.9 cm³/mol. The van der Waals surface area contributed by atoms with Crippen LogP contribution in [0.2, 0.25) is 0 Å². The second kappa shape index (κ2) is 5.32. The number of nitrogens with zero attached hydrogens (tertiary/aromatic N) is 2. The third kappa shape index (κ3) is 2.34. The molecule has 2 rings (SSSR count). The zero-order chi connectivity index (χ0) is 12.3. The van der Waals surface area contributed by atoms with Gasteiger partial charge in [0.2, 0.25) is 0 Å². The van der Waals surface area contributed by atoms with E-state index in [-0.39, 0.29) is 6.04 Å². The maximum atomic E-state index is 6.26. The molecular formula is C14H21N3. The zero-order valence-electron chi connectivity index (χ0n) is 10.6. The highest BCUT2D eigenvalue weighted by atomic mass is 15.3. The Morgan fingerprint density at radius 3 is 2.76 bits per heavy atom. The summed E-state index contributed by atoms with van der Waals surface area (Å²) in [4.78, 5) is 0. The van der Waals surface area contributed by atoms with Crippen LogP contribution in [-0.4, -0.2) is 15.8 Å². The fourth-order valence-corrected chi connectivity index (χ4v) is 2.44. The molecule has 1 heterocycles. The number of rotatable bonds is 5. The first-order valence-corrected chi connectivity index (χ1v) is 6.45. The summed E-state index contributed by atoms with van der Waals surface area (Å²) < 4.78 is 2.09. The normalized spacial score (nSPS) is 15.0. The number of hydrogen-bond acceptors (Lipinski definition) is 2. The lowest BCUT2D eigenvalue weighted by Gasteiger charge is -2.23. The smallest absolute Gasteiger partial charge is 0.0686 e. The molecule has 17 heavy (non-hydrogen) atoms. The van der Waals surface area contributed by atoms with E-state index in [1.54, 1.807) is 0 Å². The molecule has 2 unspecified atom stereocenters. The van der Waals surface area contributed by atoms with Crippen molar-refractivity contribution in [2.45, 2.75) is 45.2 Å². The average molecular weight is 231 g/mol. The van der Waals surface area contributed by atoms with E-state index < -0.39 is 0 Å². The third-order valence-electron chi connectivity index (χ3n) is 3.35. The average Bonchev–Trinajstić information content (AvgIpc) is 2.75. The van der Waals surface area contributed by atoms with Gasteiger partial charge in [-0.3, -0.25) is 4.68 Å². The number of hydrogen-bond donors (Lipinski definition) is 1. The van der Waals surface area contributed by atoms with E-state index in [0.717, 1.165) is 19.3 Å². The monoisotopic (exact) mass is 231 g/mol. The Morgan fingerprint density at radius 1 is 1.29 bits per heavy atom. The molecule has 2 atom stereocenters. The molecule has 0 amide bonds. The highest BCUT2D eigenvalue weighted by molar-refractivity contribution is 5.78. The molecule has 0 aliphatic carbocycles. The second-order valence-electron chi connectivity index (χ2n) is 4.58. The van der Waals surface area contributed by atoms with Crippen LogP contribution in [0.5, 0.6) is 0 Å². The van der Waals surface area contributed by atoms with Crippen LogP contribution in [-0.2, 0) is 0 Å². The summed E-state index contributed by atoms with van der Waals surface area (Å²) >= 11 is 0. The van der Waals surface area contributed by atoms with Crippen molar-refractivity contribution >= 4 is 10.9 Å². The molecule has 92 valence electrons. The SMILES string of the molecule is CCCC(N)C(CC)n1ncc2ccccc21. The van der Waals surface area contributed by atoms with Crippen molar-refractivity contribution in [3.63, 3.8) is 0 Å². The minimum Gasteiger partial charge on any atom is -0.326 e. The lowest BCUT2D eigenvalue weighted by molar-refractivity contribution is 0.359. The molecule has 3 heteroatoms. The molecule has 1 aromatic heterocycles. The summed E-state index contributed by atoms with van der Waals surface area (Å²) in [5.41, 5.74) is 7.45. The molecule has 0 fully saturated rings. The fraction of sp³-hybridized carbons (Fsp3) is 0.500. The van der Waals surface area contributed by atoms with Gasteiger partial charge in [0.25, 0.3) is 0 Å². The Kier molecular flexibility index (Phi) is 3.79. The van der Waals surface area contributed by atoms with Gasteiger partial charge < -0.3 is 5.73 Å². The predicted octanol–water partition coefficient (Wildman–Crippen LogP) is 3.11. The largest absolute Gasteiger partial charge is 0.326 e. The van der Waals surface area contributed by atoms with Crippen molar-refractivity contribution < 1.29 is 0 Å². The number of aromatic nitrogens is 2. The quantitative estimate of drug-likeness (QED) is 0.859. The van der Waals surface area contributed by atoms with Gasteiger partial charge in [-0.1, -0.05) is 38.5 Å². The Bertz CT molecular complexity index is 475. The van der Waals surface area contributed by atoms with E-state index in [1.165, 1.54) is 10.9 Å². The van der Waals surface area contributed by atoms with E-state index in [0.29, 0.717) is 6.04 Å².